The van der Waals surface area contributed by atoms with Gasteiger partial charge in [-0.15, -0.1) is 0 Å². The van der Waals surface area contributed by atoms with Crippen molar-refractivity contribution in [2.45, 2.75) is 18.5 Å². The minimum Gasteiger partial charge on any atom is -0.493 e. The van der Waals surface area contributed by atoms with Gasteiger partial charge >= 0.3 is 12.1 Å². The zero-order chi connectivity index (χ0) is 26.0. The lowest BCUT2D eigenvalue weighted by Crippen LogP contribution is -2.21. The lowest BCUT2D eigenvalue weighted by molar-refractivity contribution is -0.192. The maximum Gasteiger partial charge on any atom is 0.490 e. The fraction of sp³-hybridized carbons (Fsp3) is 0.174. The number of nitrogens with two attached hydrogens (primary N) is 2. The molecule has 36 heavy (non-hydrogen) atoms. The van der Waals surface area contributed by atoms with Gasteiger partial charge in [0.1, 0.15) is 11.6 Å². The summed E-state index contributed by atoms with van der Waals surface area (Å²) in [5.41, 5.74) is 16.0. The number of hydrogen-bond acceptors (Lipinski definition) is 7. The van der Waals surface area contributed by atoms with Crippen LogP contribution in [0.3, 0.4) is 0 Å². The number of primary amides is 1. The zero-order valence-corrected chi connectivity index (χ0v) is 18.4. The molecule has 3 heterocycles. The summed E-state index contributed by atoms with van der Waals surface area (Å²) < 4.78 is 37.6. The van der Waals surface area contributed by atoms with Gasteiger partial charge in [0, 0.05) is 17.3 Å². The van der Waals surface area contributed by atoms with E-state index in [0.29, 0.717) is 18.6 Å². The second-order valence-corrected chi connectivity index (χ2v) is 7.86. The van der Waals surface area contributed by atoms with Gasteiger partial charge in [-0.1, -0.05) is 6.07 Å². The number of nitrogens with zero attached hydrogens (tertiary/aromatic N) is 3. The third-order valence-corrected chi connectivity index (χ3v) is 5.35. The van der Waals surface area contributed by atoms with E-state index >= 15 is 0 Å². The zero-order valence-electron chi connectivity index (χ0n) is 18.4. The number of aliphatic carboxylic acids is 1. The van der Waals surface area contributed by atoms with Crippen LogP contribution < -0.4 is 16.2 Å². The number of nitrogens with one attached hydrogen (secondary N) is 1. The molecule has 1 amide bonds. The molecule has 0 aliphatic carbocycles. The first-order chi connectivity index (χ1) is 17.0. The number of anilines is 1. The minimum absolute atomic E-state index is 0.0520. The second-order valence-electron chi connectivity index (χ2n) is 7.86. The van der Waals surface area contributed by atoms with Gasteiger partial charge in [0.2, 0.25) is 11.9 Å². The standard InChI is InChI=1S/C21H18N6O2.C2HF3O2/c22-19(28)12-2-4-18-13(7-12)8-14(10-29-18)20-25-16-3-1-11(9-17(16)26-20)15-5-6-24-21(23)27-15;3-2(4,5)1(6)7/h1-7,9,14H,8,10H2,(H2,22,28)(H,25,26)(H2,23,24,27);(H,6,7). The molecule has 0 radical (unpaired) electrons. The van der Waals surface area contributed by atoms with E-state index in [9.17, 15) is 18.0 Å². The molecule has 0 saturated heterocycles. The normalized spacial score (nSPS) is 14.8. The molecule has 2 aromatic heterocycles. The molecule has 4 aromatic rings. The number of H-pyrrole nitrogens is 1. The Bertz CT molecular complexity index is 1450. The Morgan fingerprint density at radius 3 is 2.53 bits per heavy atom. The number of ether oxygens (including phenoxy) is 1. The smallest absolute Gasteiger partial charge is 0.490 e. The molecular formula is C23H19F3N6O4. The van der Waals surface area contributed by atoms with Crippen LogP contribution in [0.1, 0.15) is 27.7 Å². The summed E-state index contributed by atoms with van der Waals surface area (Å²) in [6, 6.07) is 13.0. The Balaban J connectivity index is 0.000000384. The maximum atomic E-state index is 11.5. The molecule has 186 valence electrons. The van der Waals surface area contributed by atoms with E-state index in [1.54, 1.807) is 24.4 Å². The Labute approximate surface area is 201 Å². The first kappa shape index (κ1) is 24.4. The molecule has 0 spiro atoms. The van der Waals surface area contributed by atoms with Crippen LogP contribution in [0.25, 0.3) is 22.3 Å². The number of fused-ring (bicyclic) bond motifs is 2. The third-order valence-electron chi connectivity index (χ3n) is 5.35. The molecule has 6 N–H and O–H groups in total. The SMILES string of the molecule is NC(=O)c1ccc2c(c1)CC(c1nc3ccc(-c4ccnc(N)n4)cc3[nH]1)CO2.O=C(O)C(F)(F)F. The molecule has 10 nitrogen and oxygen atoms in total. The van der Waals surface area contributed by atoms with Gasteiger partial charge < -0.3 is 26.3 Å². The predicted octanol–water partition coefficient (Wildman–Crippen LogP) is 3.05. The number of carbonyl (C=O) groups is 2. The number of rotatable bonds is 3. The summed E-state index contributed by atoms with van der Waals surface area (Å²) in [6.45, 7) is 0.512. The number of nitrogen functional groups attached to an aromatic ring is 1. The van der Waals surface area contributed by atoms with Gasteiger partial charge in [-0.25, -0.2) is 19.7 Å². The van der Waals surface area contributed by atoms with E-state index in [1.807, 2.05) is 24.3 Å². The minimum atomic E-state index is -5.08. The maximum absolute atomic E-state index is 11.5. The molecule has 1 unspecified atom stereocenters. The van der Waals surface area contributed by atoms with Crippen molar-refractivity contribution in [2.24, 2.45) is 5.73 Å². The molecule has 0 fully saturated rings. The number of imidazole rings is 1. The van der Waals surface area contributed by atoms with Gasteiger partial charge in [0.05, 0.1) is 29.3 Å². The van der Waals surface area contributed by atoms with Crippen molar-refractivity contribution in [3.05, 3.63) is 65.6 Å². The largest absolute Gasteiger partial charge is 0.493 e. The van der Waals surface area contributed by atoms with E-state index < -0.39 is 18.1 Å². The van der Waals surface area contributed by atoms with Gasteiger partial charge in [-0.3, -0.25) is 4.79 Å². The average molecular weight is 500 g/mol. The number of benzene rings is 2. The average Bonchev–Trinajstić information content (AvgIpc) is 3.26. The van der Waals surface area contributed by atoms with Crippen molar-refractivity contribution in [3.63, 3.8) is 0 Å². The number of alkyl halides is 3. The van der Waals surface area contributed by atoms with Crippen molar-refractivity contribution >= 4 is 28.9 Å². The lowest BCUT2D eigenvalue weighted by Gasteiger charge is -2.24. The molecular weight excluding hydrogens is 481 g/mol. The Morgan fingerprint density at radius 1 is 1.11 bits per heavy atom. The van der Waals surface area contributed by atoms with Crippen molar-refractivity contribution in [3.8, 4) is 17.0 Å². The summed E-state index contributed by atoms with van der Waals surface area (Å²) in [5, 5.41) is 7.12. The Kier molecular flexibility index (Phi) is 6.47. The van der Waals surface area contributed by atoms with Crippen molar-refractivity contribution in [1.29, 1.82) is 0 Å². The molecule has 2 aromatic carbocycles. The summed E-state index contributed by atoms with van der Waals surface area (Å²) in [6.07, 6.45) is -2.73. The summed E-state index contributed by atoms with van der Waals surface area (Å²) in [4.78, 5) is 36.7. The van der Waals surface area contributed by atoms with Crippen LogP contribution in [0, 0.1) is 0 Å². The van der Waals surface area contributed by atoms with Crippen LogP contribution >= 0.6 is 0 Å². The molecule has 13 heteroatoms. The van der Waals surface area contributed by atoms with Gasteiger partial charge in [0.25, 0.3) is 0 Å². The van der Waals surface area contributed by atoms with E-state index in [1.165, 1.54) is 0 Å². The first-order valence-electron chi connectivity index (χ1n) is 10.5. The Morgan fingerprint density at radius 2 is 1.86 bits per heavy atom. The number of carboxylic acids is 1. The number of aromatic nitrogens is 4. The van der Waals surface area contributed by atoms with Gasteiger partial charge in [0.15, 0.2) is 0 Å². The van der Waals surface area contributed by atoms with E-state index in [2.05, 4.69) is 15.0 Å². The van der Waals surface area contributed by atoms with Crippen LogP contribution in [0.15, 0.2) is 48.7 Å². The molecule has 0 saturated carbocycles. The number of hydrogen-bond donors (Lipinski definition) is 4. The van der Waals surface area contributed by atoms with Crippen LogP contribution in [-0.2, 0) is 11.2 Å². The van der Waals surface area contributed by atoms with Crippen molar-refractivity contribution in [1.82, 2.24) is 19.9 Å². The van der Waals surface area contributed by atoms with Gasteiger partial charge in [-0.2, -0.15) is 13.2 Å². The first-order valence-corrected chi connectivity index (χ1v) is 10.5. The number of carbonyl (C=O) groups excluding carboxylic acids is 1. The highest BCUT2D eigenvalue weighted by Gasteiger charge is 2.38. The van der Waals surface area contributed by atoms with Crippen LogP contribution in [0.5, 0.6) is 5.75 Å². The summed E-state index contributed by atoms with van der Waals surface area (Å²) in [7, 11) is 0. The van der Waals surface area contributed by atoms with Crippen LogP contribution in [-0.4, -0.2) is 49.7 Å². The molecule has 1 aliphatic heterocycles. The number of halogens is 3. The summed E-state index contributed by atoms with van der Waals surface area (Å²) in [5.74, 6) is -1.29. The topological polar surface area (TPSA) is 170 Å². The number of amides is 1. The fourth-order valence-corrected chi connectivity index (χ4v) is 3.64. The highest BCUT2D eigenvalue weighted by molar-refractivity contribution is 5.93. The highest BCUT2D eigenvalue weighted by Crippen LogP contribution is 2.33. The van der Waals surface area contributed by atoms with Crippen LogP contribution in [0.4, 0.5) is 19.1 Å². The monoisotopic (exact) mass is 500 g/mol. The third kappa shape index (κ3) is 5.35. The summed E-state index contributed by atoms with van der Waals surface area (Å²) >= 11 is 0. The van der Waals surface area contributed by atoms with Crippen LogP contribution in [0.2, 0.25) is 0 Å². The van der Waals surface area contributed by atoms with Crippen molar-refractivity contribution in [2.75, 3.05) is 12.3 Å². The highest BCUT2D eigenvalue weighted by atomic mass is 19.4. The molecule has 1 aliphatic rings. The number of aromatic amines is 1. The fourth-order valence-electron chi connectivity index (χ4n) is 3.64. The quantitative estimate of drug-likeness (QED) is 0.332. The predicted molar refractivity (Wildman–Crippen MR) is 122 cm³/mol. The van der Waals surface area contributed by atoms with E-state index in [4.69, 9.17) is 31.1 Å². The van der Waals surface area contributed by atoms with Crippen molar-refractivity contribution < 1.29 is 32.6 Å². The number of carboxylic acid groups (broad SMARTS) is 1. The second kappa shape index (κ2) is 9.52. The Hall–Kier alpha value is -4.68. The van der Waals surface area contributed by atoms with E-state index in [0.717, 1.165) is 39.4 Å². The lowest BCUT2D eigenvalue weighted by atomic mass is 9.94. The molecule has 5 rings (SSSR count). The van der Waals surface area contributed by atoms with Gasteiger partial charge in [-0.05, 0) is 48.4 Å². The molecule has 1 atom stereocenters. The van der Waals surface area contributed by atoms with E-state index in [-0.39, 0.29) is 11.9 Å². The molecule has 0 bridgehead atoms.